The molecule has 4 heterocycles. The number of rotatable bonds is 6. The van der Waals surface area contributed by atoms with E-state index >= 15 is 0 Å². The zero-order chi connectivity index (χ0) is 24.7. The molecule has 0 bridgehead atoms. The summed E-state index contributed by atoms with van der Waals surface area (Å²) < 4.78 is 6.06. The summed E-state index contributed by atoms with van der Waals surface area (Å²) >= 11 is 0. The molecule has 184 valence electrons. The molecule has 1 saturated heterocycles. The Kier molecular flexibility index (Phi) is 6.28. The van der Waals surface area contributed by atoms with Crippen LogP contribution < -0.4 is 11.1 Å². The molecule has 0 radical (unpaired) electrons. The van der Waals surface area contributed by atoms with E-state index in [0.29, 0.717) is 24.2 Å². The summed E-state index contributed by atoms with van der Waals surface area (Å²) in [6.45, 7) is 10.2. The number of benzene rings is 1. The van der Waals surface area contributed by atoms with E-state index in [4.69, 9.17) is 10.5 Å². The average molecular weight is 474 g/mol. The number of amides is 1. The first-order valence-electron chi connectivity index (χ1n) is 12.6. The first-order valence-corrected chi connectivity index (χ1v) is 12.6. The van der Waals surface area contributed by atoms with Gasteiger partial charge in [-0.25, -0.2) is 0 Å². The molecule has 2 aliphatic heterocycles. The van der Waals surface area contributed by atoms with Crippen molar-refractivity contribution < 1.29 is 9.53 Å². The van der Waals surface area contributed by atoms with Gasteiger partial charge in [-0.1, -0.05) is 26.3 Å². The van der Waals surface area contributed by atoms with E-state index < -0.39 is 5.91 Å². The molecule has 7 heteroatoms. The number of nitrogens with zero attached hydrogens (tertiary/aromatic N) is 2. The number of carbonyl (C=O) groups excluding carboxylic acids is 1. The Hall–Kier alpha value is -3.32. The quantitative estimate of drug-likeness (QED) is 0.479. The Bertz CT molecular complexity index is 1270. The fourth-order valence-corrected chi connectivity index (χ4v) is 5.56. The summed E-state index contributed by atoms with van der Waals surface area (Å²) in [5.74, 6) is -0.145. The molecule has 5 rings (SSSR count). The second-order valence-electron chi connectivity index (χ2n) is 10.2. The predicted octanol–water partition coefficient (Wildman–Crippen LogP) is 4.77. The van der Waals surface area contributed by atoms with E-state index in [2.05, 4.69) is 59.5 Å². The number of nitrogens with one attached hydrogen (secondary N) is 2. The van der Waals surface area contributed by atoms with E-state index in [9.17, 15) is 4.79 Å². The highest BCUT2D eigenvalue weighted by atomic mass is 16.5. The largest absolute Gasteiger partial charge is 0.471 e. The molecule has 1 aromatic carbocycles. The number of fused-ring (bicyclic) bond motifs is 1. The summed E-state index contributed by atoms with van der Waals surface area (Å²) in [5, 5.41) is 4.75. The molecule has 7 nitrogen and oxygen atoms in total. The minimum absolute atomic E-state index is 0.308. The smallest absolute Gasteiger partial charge is 0.268 e. The summed E-state index contributed by atoms with van der Waals surface area (Å²) in [5.41, 5.74) is 13.8. The zero-order valence-corrected chi connectivity index (χ0v) is 21.0. The number of hydrogen-bond donors (Lipinski definition) is 3. The van der Waals surface area contributed by atoms with Crippen LogP contribution in [0.25, 0.3) is 22.2 Å². The molecule has 1 fully saturated rings. The number of pyridine rings is 1. The van der Waals surface area contributed by atoms with Gasteiger partial charge < -0.3 is 25.7 Å². The van der Waals surface area contributed by atoms with Crippen LogP contribution in [0.3, 0.4) is 0 Å². The lowest BCUT2D eigenvalue weighted by molar-refractivity contribution is -0.116. The molecular formula is C28H35N5O2. The van der Waals surface area contributed by atoms with Crippen LogP contribution >= 0.6 is 0 Å². The molecule has 0 saturated carbocycles. The number of nitrogens with two attached hydrogens (primary N) is 1. The Morgan fingerprint density at radius 2 is 1.97 bits per heavy atom. The lowest BCUT2D eigenvalue weighted by atomic mass is 9.95. The fraction of sp³-hybridized carbons (Fsp3) is 0.429. The number of hydrogen-bond acceptors (Lipinski definition) is 5. The van der Waals surface area contributed by atoms with Crippen LogP contribution in [0, 0.1) is 13.8 Å². The van der Waals surface area contributed by atoms with Crippen molar-refractivity contribution in [1.82, 2.24) is 20.2 Å². The molecule has 4 N–H and O–H groups in total. The van der Waals surface area contributed by atoms with Crippen molar-refractivity contribution in [2.75, 3.05) is 13.1 Å². The van der Waals surface area contributed by atoms with Gasteiger partial charge in [-0.15, -0.1) is 0 Å². The van der Waals surface area contributed by atoms with Crippen LogP contribution in [0.4, 0.5) is 0 Å². The zero-order valence-electron chi connectivity index (χ0n) is 21.0. The molecule has 2 aromatic heterocycles. The van der Waals surface area contributed by atoms with Gasteiger partial charge in [0.1, 0.15) is 12.0 Å². The second kappa shape index (κ2) is 9.38. The van der Waals surface area contributed by atoms with Crippen LogP contribution in [-0.2, 0) is 9.53 Å². The van der Waals surface area contributed by atoms with Gasteiger partial charge in [-0.05, 0) is 69.0 Å². The lowest BCUT2D eigenvalue weighted by Crippen LogP contribution is -2.45. The maximum Gasteiger partial charge on any atom is 0.268 e. The number of carbonyl (C=O) groups is 1. The molecule has 0 aliphatic carbocycles. The summed E-state index contributed by atoms with van der Waals surface area (Å²) in [4.78, 5) is 22.4. The number of ether oxygens (including phenoxy) is 1. The van der Waals surface area contributed by atoms with Crippen LogP contribution in [0.5, 0.6) is 0 Å². The summed E-state index contributed by atoms with van der Waals surface area (Å²) in [6.07, 6.45) is 4.60. The third-order valence-corrected chi connectivity index (χ3v) is 7.08. The van der Waals surface area contributed by atoms with E-state index in [1.54, 1.807) is 0 Å². The third kappa shape index (κ3) is 4.52. The van der Waals surface area contributed by atoms with Crippen LogP contribution in [0.1, 0.15) is 67.8 Å². The Morgan fingerprint density at radius 3 is 2.63 bits per heavy atom. The first-order chi connectivity index (χ1) is 16.8. The van der Waals surface area contributed by atoms with Gasteiger partial charge in [0.05, 0.1) is 5.69 Å². The van der Waals surface area contributed by atoms with Crippen molar-refractivity contribution in [3.8, 4) is 11.3 Å². The number of aryl methyl sites for hydroxylation is 2. The predicted molar refractivity (Wildman–Crippen MR) is 139 cm³/mol. The van der Waals surface area contributed by atoms with Gasteiger partial charge in [0.15, 0.2) is 6.23 Å². The highest BCUT2D eigenvalue weighted by Crippen LogP contribution is 2.39. The average Bonchev–Trinajstić information content (AvgIpc) is 3.40. The van der Waals surface area contributed by atoms with Crippen molar-refractivity contribution in [1.29, 1.82) is 0 Å². The third-order valence-electron chi connectivity index (χ3n) is 7.08. The van der Waals surface area contributed by atoms with Crippen molar-refractivity contribution in [3.05, 3.63) is 64.8 Å². The molecule has 2 aliphatic rings. The van der Waals surface area contributed by atoms with E-state index in [-0.39, 0.29) is 6.23 Å². The number of piperidine rings is 1. The highest BCUT2D eigenvalue weighted by Gasteiger charge is 2.34. The molecule has 1 amide bonds. The van der Waals surface area contributed by atoms with E-state index in [1.807, 2.05) is 18.7 Å². The Morgan fingerprint density at radius 1 is 1.20 bits per heavy atom. The minimum Gasteiger partial charge on any atom is -0.471 e. The molecule has 0 spiro atoms. The van der Waals surface area contributed by atoms with Gasteiger partial charge in [0.25, 0.3) is 5.91 Å². The van der Waals surface area contributed by atoms with Crippen molar-refractivity contribution >= 4 is 16.8 Å². The van der Waals surface area contributed by atoms with Gasteiger partial charge in [0.2, 0.25) is 0 Å². The monoisotopic (exact) mass is 473 g/mol. The van der Waals surface area contributed by atoms with E-state index in [1.165, 1.54) is 30.1 Å². The van der Waals surface area contributed by atoms with Gasteiger partial charge in [-0.2, -0.15) is 0 Å². The fourth-order valence-electron chi connectivity index (χ4n) is 5.56. The normalized spacial score (nSPS) is 20.4. The number of H-pyrrole nitrogens is 1. The minimum atomic E-state index is -0.459. The first kappa shape index (κ1) is 23.4. The van der Waals surface area contributed by atoms with Crippen molar-refractivity contribution in [2.45, 2.75) is 65.1 Å². The van der Waals surface area contributed by atoms with Crippen LogP contribution in [0.15, 0.2) is 42.3 Å². The Labute approximate surface area is 206 Å². The number of aromatic amines is 1. The number of aromatic nitrogens is 2. The van der Waals surface area contributed by atoms with E-state index in [0.717, 1.165) is 46.7 Å². The summed E-state index contributed by atoms with van der Waals surface area (Å²) in [6, 6.07) is 11.0. The molecule has 2 unspecified atom stereocenters. The molecular weight excluding hydrogens is 438 g/mol. The SMILES string of the molecule is Cc1cc(-c2[nH]c3ccc(C4OC=C(C(N)=O)N4CC4CCCCN4)cc3c2C(C)C)cc(C)n1. The maximum atomic E-state index is 12.2. The Balaban J connectivity index is 1.55. The standard InChI is InChI=1S/C28H35N5O2/c1-16(2)25-22-13-19(8-9-23(22)32-26(25)20-11-17(3)31-18(4)12-20)28-33(24(15-35-28)27(29)34)14-21-7-5-6-10-30-21/h8-9,11-13,15-16,21,28,30,32H,5-7,10,14H2,1-4H3,(H2,29,34). The second-order valence-corrected chi connectivity index (χ2v) is 10.2. The van der Waals surface area contributed by atoms with Gasteiger partial charge >= 0.3 is 0 Å². The van der Waals surface area contributed by atoms with Crippen LogP contribution in [0.2, 0.25) is 0 Å². The van der Waals surface area contributed by atoms with Gasteiger partial charge in [-0.3, -0.25) is 9.78 Å². The maximum absolute atomic E-state index is 12.2. The van der Waals surface area contributed by atoms with Crippen molar-refractivity contribution in [3.63, 3.8) is 0 Å². The van der Waals surface area contributed by atoms with Crippen LogP contribution in [-0.4, -0.2) is 39.9 Å². The molecule has 2 atom stereocenters. The molecule has 35 heavy (non-hydrogen) atoms. The topological polar surface area (TPSA) is 96.3 Å². The summed E-state index contributed by atoms with van der Waals surface area (Å²) in [7, 11) is 0. The van der Waals surface area contributed by atoms with Crippen molar-refractivity contribution in [2.24, 2.45) is 5.73 Å². The lowest BCUT2D eigenvalue weighted by Gasteiger charge is -2.33. The highest BCUT2D eigenvalue weighted by molar-refractivity contribution is 5.93. The van der Waals surface area contributed by atoms with Gasteiger partial charge in [0, 0.05) is 46.0 Å². The molecule has 3 aromatic rings. The number of primary amides is 1.